The minimum atomic E-state index is -0.266. The maximum absolute atomic E-state index is 12.3. The van der Waals surface area contributed by atoms with Crippen LogP contribution in [0.5, 0.6) is 0 Å². The minimum Gasteiger partial charge on any atom is -0.423 e. The molecule has 0 spiro atoms. The molecule has 1 aliphatic carbocycles. The summed E-state index contributed by atoms with van der Waals surface area (Å²) < 4.78 is 5.60. The Hall–Kier alpha value is -2.28. The number of carbonyl (C=O) groups excluding carboxylic acids is 1. The number of nitrogens with one attached hydrogen (secondary N) is 2. The second kappa shape index (κ2) is 6.32. The summed E-state index contributed by atoms with van der Waals surface area (Å²) in [7, 11) is 3.72. The number of benzene rings is 1. The van der Waals surface area contributed by atoms with Crippen molar-refractivity contribution in [2.75, 3.05) is 30.9 Å². The Bertz CT molecular complexity index is 743. The van der Waals surface area contributed by atoms with E-state index in [4.69, 9.17) is 4.42 Å². The number of hydrogen-bond acceptors (Lipinski definition) is 5. The Morgan fingerprint density at radius 2 is 2.29 bits per heavy atom. The third-order valence-electron chi connectivity index (χ3n) is 4.77. The van der Waals surface area contributed by atoms with Crippen molar-refractivity contribution >= 4 is 28.8 Å². The number of urea groups is 1. The summed E-state index contributed by atoms with van der Waals surface area (Å²) >= 11 is 0. The summed E-state index contributed by atoms with van der Waals surface area (Å²) in [5.41, 5.74) is 1.78. The molecule has 2 aromatic rings. The molecule has 0 radical (unpaired) electrons. The van der Waals surface area contributed by atoms with Crippen molar-refractivity contribution in [3.8, 4) is 0 Å². The smallest absolute Gasteiger partial charge is 0.319 e. The molecule has 7 heteroatoms. The van der Waals surface area contributed by atoms with Crippen molar-refractivity contribution in [1.82, 2.24) is 10.3 Å². The molecule has 1 aromatic heterocycles. The van der Waals surface area contributed by atoms with Gasteiger partial charge in [0.05, 0.1) is 6.61 Å². The van der Waals surface area contributed by atoms with Gasteiger partial charge in [-0.3, -0.25) is 0 Å². The minimum absolute atomic E-state index is 0.0152. The van der Waals surface area contributed by atoms with Gasteiger partial charge in [0.1, 0.15) is 5.52 Å². The molecule has 1 heterocycles. The molecule has 3 rings (SSSR count). The average molecular weight is 332 g/mol. The number of fused-ring (bicyclic) bond motifs is 1. The lowest BCUT2D eigenvalue weighted by atomic mass is 9.86. The number of aromatic nitrogens is 1. The van der Waals surface area contributed by atoms with Crippen molar-refractivity contribution in [2.45, 2.75) is 32.2 Å². The van der Waals surface area contributed by atoms with Crippen LogP contribution in [0.25, 0.3) is 11.1 Å². The monoisotopic (exact) mass is 332 g/mol. The zero-order valence-electron chi connectivity index (χ0n) is 14.3. The van der Waals surface area contributed by atoms with Crippen LogP contribution in [0.3, 0.4) is 0 Å². The van der Waals surface area contributed by atoms with Crippen molar-refractivity contribution in [2.24, 2.45) is 5.41 Å². The van der Waals surface area contributed by atoms with Gasteiger partial charge in [-0.2, -0.15) is 4.98 Å². The van der Waals surface area contributed by atoms with E-state index in [-0.39, 0.29) is 24.1 Å². The van der Waals surface area contributed by atoms with E-state index in [1.54, 1.807) is 23.1 Å². The number of nitrogens with zero attached hydrogens (tertiary/aromatic N) is 2. The van der Waals surface area contributed by atoms with Crippen molar-refractivity contribution in [3.63, 3.8) is 0 Å². The Balaban J connectivity index is 1.69. The summed E-state index contributed by atoms with van der Waals surface area (Å²) in [5.74, 6) is 0. The molecular formula is C17H24N4O3. The van der Waals surface area contributed by atoms with Gasteiger partial charge in [0.25, 0.3) is 6.01 Å². The first-order valence-corrected chi connectivity index (χ1v) is 8.17. The van der Waals surface area contributed by atoms with Gasteiger partial charge in [-0.15, -0.1) is 0 Å². The predicted molar refractivity (Wildman–Crippen MR) is 93.3 cm³/mol. The standard InChI is InChI=1S/C17H24N4O3/c1-17(10-22)8-4-5-14(17)20-15(23)18-11-6-7-13-12(9-11)19-16(24-13)21(2)3/h6-7,9,14,22H,4-5,8,10H2,1-3H3,(H2,18,20,23). The van der Waals surface area contributed by atoms with Gasteiger partial charge in [-0.1, -0.05) is 13.3 Å². The molecule has 2 atom stereocenters. The van der Waals surface area contributed by atoms with E-state index in [9.17, 15) is 9.90 Å². The van der Waals surface area contributed by atoms with Gasteiger partial charge in [-0.25, -0.2) is 4.79 Å². The highest BCUT2D eigenvalue weighted by molar-refractivity contribution is 5.92. The van der Waals surface area contributed by atoms with Crippen LogP contribution in [0.1, 0.15) is 26.2 Å². The highest BCUT2D eigenvalue weighted by Crippen LogP contribution is 2.37. The molecule has 2 unspecified atom stereocenters. The van der Waals surface area contributed by atoms with Crippen molar-refractivity contribution < 1.29 is 14.3 Å². The first kappa shape index (κ1) is 16.6. The first-order valence-electron chi connectivity index (χ1n) is 8.17. The zero-order valence-corrected chi connectivity index (χ0v) is 14.3. The van der Waals surface area contributed by atoms with Gasteiger partial charge in [0.2, 0.25) is 0 Å². The fraction of sp³-hybridized carbons (Fsp3) is 0.529. The highest BCUT2D eigenvalue weighted by atomic mass is 16.4. The summed E-state index contributed by atoms with van der Waals surface area (Å²) in [4.78, 5) is 18.4. The second-order valence-electron chi connectivity index (χ2n) is 6.93. The third-order valence-corrected chi connectivity index (χ3v) is 4.77. The number of hydrogen-bond donors (Lipinski definition) is 3. The largest absolute Gasteiger partial charge is 0.423 e. The normalized spacial score (nSPS) is 23.4. The van der Waals surface area contributed by atoms with Gasteiger partial charge in [0, 0.05) is 31.2 Å². The second-order valence-corrected chi connectivity index (χ2v) is 6.93. The van der Waals surface area contributed by atoms with Crippen LogP contribution in [-0.4, -0.2) is 42.9 Å². The van der Waals surface area contributed by atoms with Crippen LogP contribution in [0, 0.1) is 5.41 Å². The molecule has 0 saturated heterocycles. The highest BCUT2D eigenvalue weighted by Gasteiger charge is 2.39. The fourth-order valence-corrected chi connectivity index (χ4v) is 3.18. The average Bonchev–Trinajstić information content (AvgIpc) is 3.12. The summed E-state index contributed by atoms with van der Waals surface area (Å²) in [6, 6.07) is 5.60. The van der Waals surface area contributed by atoms with Crippen LogP contribution in [-0.2, 0) is 0 Å². The quantitative estimate of drug-likeness (QED) is 0.800. The number of aliphatic hydroxyl groups is 1. The lowest BCUT2D eigenvalue weighted by molar-refractivity contribution is 0.122. The lowest BCUT2D eigenvalue weighted by Gasteiger charge is -2.30. The molecule has 2 amide bonds. The number of rotatable bonds is 4. The Morgan fingerprint density at radius 3 is 3.00 bits per heavy atom. The van der Waals surface area contributed by atoms with E-state index >= 15 is 0 Å². The molecule has 7 nitrogen and oxygen atoms in total. The molecule has 1 aliphatic rings. The van der Waals surface area contributed by atoms with Crippen LogP contribution in [0.2, 0.25) is 0 Å². The van der Waals surface area contributed by atoms with Gasteiger partial charge in [-0.05, 0) is 31.0 Å². The number of oxazole rings is 1. The van der Waals surface area contributed by atoms with Gasteiger partial charge < -0.3 is 25.1 Å². The van der Waals surface area contributed by atoms with Gasteiger partial charge in [0.15, 0.2) is 5.58 Å². The third kappa shape index (κ3) is 3.17. The molecular weight excluding hydrogens is 308 g/mol. The van der Waals surface area contributed by atoms with E-state index < -0.39 is 0 Å². The van der Waals surface area contributed by atoms with Crippen molar-refractivity contribution in [3.05, 3.63) is 18.2 Å². The maximum Gasteiger partial charge on any atom is 0.319 e. The van der Waals surface area contributed by atoms with Crippen LogP contribution in [0.15, 0.2) is 22.6 Å². The Labute approximate surface area is 141 Å². The molecule has 1 saturated carbocycles. The number of anilines is 2. The van der Waals surface area contributed by atoms with Crippen LogP contribution < -0.4 is 15.5 Å². The zero-order chi connectivity index (χ0) is 17.3. The predicted octanol–water partition coefficient (Wildman–Crippen LogP) is 2.57. The lowest BCUT2D eigenvalue weighted by Crippen LogP contribution is -2.46. The SMILES string of the molecule is CN(C)c1nc2cc(NC(=O)NC3CCCC3(C)CO)ccc2o1. The summed E-state index contributed by atoms with van der Waals surface area (Å²) in [6.07, 6.45) is 2.83. The van der Waals surface area contributed by atoms with Gasteiger partial charge >= 0.3 is 6.03 Å². The van der Waals surface area contributed by atoms with E-state index in [1.165, 1.54) is 0 Å². The number of carbonyl (C=O) groups is 1. The molecule has 0 bridgehead atoms. The van der Waals surface area contributed by atoms with E-state index in [0.29, 0.717) is 22.8 Å². The Kier molecular flexibility index (Phi) is 4.36. The molecule has 1 aromatic carbocycles. The summed E-state index contributed by atoms with van der Waals surface area (Å²) in [6.45, 7) is 2.09. The van der Waals surface area contributed by atoms with Crippen molar-refractivity contribution in [1.29, 1.82) is 0 Å². The Morgan fingerprint density at radius 1 is 1.50 bits per heavy atom. The van der Waals surface area contributed by atoms with Crippen LogP contribution in [0.4, 0.5) is 16.5 Å². The van der Waals surface area contributed by atoms with E-state index in [2.05, 4.69) is 15.6 Å². The van der Waals surface area contributed by atoms with Crippen LogP contribution >= 0.6 is 0 Å². The van der Waals surface area contributed by atoms with E-state index in [0.717, 1.165) is 19.3 Å². The molecule has 3 N–H and O–H groups in total. The molecule has 24 heavy (non-hydrogen) atoms. The topological polar surface area (TPSA) is 90.6 Å². The molecule has 1 fully saturated rings. The summed E-state index contributed by atoms with van der Waals surface area (Å²) in [5, 5.41) is 15.4. The molecule has 0 aliphatic heterocycles. The number of aliphatic hydroxyl groups excluding tert-OH is 1. The number of amides is 2. The first-order chi connectivity index (χ1) is 11.4. The maximum atomic E-state index is 12.3. The molecule has 130 valence electrons. The van der Waals surface area contributed by atoms with E-state index in [1.807, 2.05) is 21.0 Å². The fourth-order valence-electron chi connectivity index (χ4n) is 3.18.